The van der Waals surface area contributed by atoms with E-state index < -0.39 is 5.25 Å². The van der Waals surface area contributed by atoms with E-state index in [-0.39, 0.29) is 5.91 Å². The first kappa shape index (κ1) is 21.4. The van der Waals surface area contributed by atoms with Gasteiger partial charge in [-0.15, -0.1) is 11.3 Å². The molecule has 1 amide bonds. The molecular weight excluding hydrogens is 481 g/mol. The third-order valence-corrected chi connectivity index (χ3v) is 7.24. The number of carbonyl (C=O) groups is 1. The third kappa shape index (κ3) is 4.58. The highest BCUT2D eigenvalue weighted by atomic mass is 35.5. The Balaban J connectivity index is 1.62. The van der Waals surface area contributed by atoms with Crippen LogP contribution in [0, 0.1) is 0 Å². The second kappa shape index (κ2) is 9.12. The number of aromatic nitrogens is 2. The summed E-state index contributed by atoms with van der Waals surface area (Å²) >= 11 is 21.1. The molecule has 1 N–H and O–H groups in total. The zero-order chi connectivity index (χ0) is 21.3. The minimum atomic E-state index is -0.440. The van der Waals surface area contributed by atoms with Gasteiger partial charge in [0.15, 0.2) is 5.82 Å². The van der Waals surface area contributed by atoms with Crippen LogP contribution < -0.4 is 5.32 Å². The zero-order valence-corrected chi connectivity index (χ0v) is 19.4. The van der Waals surface area contributed by atoms with Crippen LogP contribution in [0.25, 0.3) is 21.6 Å². The second-order valence-corrected chi connectivity index (χ2v) is 9.84. The molecule has 0 saturated carbocycles. The van der Waals surface area contributed by atoms with Crippen LogP contribution in [0.4, 0.5) is 5.69 Å². The number of nitrogens with one attached hydrogen (secondary N) is 1. The lowest BCUT2D eigenvalue weighted by Gasteiger charge is -2.14. The standard InChI is InChI=1S/C21H14Cl3N3OS2/c1-11(20(28)26-17-10-14(23)13(22)9-15(17)24)30-21-12-5-2-3-6-16(12)25-19(27-21)18-7-4-8-29-18/h2-11H,1H3,(H,26,28)/t11-/m0/s1. The number of carbonyl (C=O) groups excluding carboxylic acids is 1. The van der Waals surface area contributed by atoms with Crippen molar-refractivity contribution in [3.05, 3.63) is 69.0 Å². The summed E-state index contributed by atoms with van der Waals surface area (Å²) in [4.78, 5) is 23.2. The summed E-state index contributed by atoms with van der Waals surface area (Å²) in [7, 11) is 0. The van der Waals surface area contributed by atoms with Crippen LogP contribution in [0.2, 0.25) is 15.1 Å². The average Bonchev–Trinajstić information content (AvgIpc) is 3.26. The van der Waals surface area contributed by atoms with Gasteiger partial charge in [-0.3, -0.25) is 4.79 Å². The van der Waals surface area contributed by atoms with E-state index in [1.165, 1.54) is 23.9 Å². The Kier molecular flexibility index (Phi) is 6.51. The molecule has 0 fully saturated rings. The SMILES string of the molecule is C[C@H](Sc1nc(-c2cccs2)nc2ccccc12)C(=O)Nc1cc(Cl)c(Cl)cc1Cl. The lowest BCUT2D eigenvalue weighted by molar-refractivity contribution is -0.115. The highest BCUT2D eigenvalue weighted by Gasteiger charge is 2.20. The van der Waals surface area contributed by atoms with Crippen LogP contribution in [0.1, 0.15) is 6.92 Å². The van der Waals surface area contributed by atoms with E-state index in [1.54, 1.807) is 11.3 Å². The van der Waals surface area contributed by atoms with Gasteiger partial charge in [0.25, 0.3) is 0 Å². The van der Waals surface area contributed by atoms with Gasteiger partial charge < -0.3 is 5.32 Å². The number of halogens is 3. The monoisotopic (exact) mass is 493 g/mol. The van der Waals surface area contributed by atoms with E-state index in [1.807, 2.05) is 48.7 Å². The summed E-state index contributed by atoms with van der Waals surface area (Å²) in [6.45, 7) is 1.81. The topological polar surface area (TPSA) is 54.9 Å². The molecule has 0 unspecified atom stereocenters. The molecule has 2 aromatic carbocycles. The second-order valence-electron chi connectivity index (χ2n) is 6.34. The Morgan fingerprint density at radius 3 is 2.57 bits per heavy atom. The number of hydrogen-bond acceptors (Lipinski definition) is 5. The van der Waals surface area contributed by atoms with E-state index in [0.29, 0.717) is 26.6 Å². The van der Waals surface area contributed by atoms with Crippen molar-refractivity contribution in [2.45, 2.75) is 17.2 Å². The molecule has 0 spiro atoms. The van der Waals surface area contributed by atoms with Crippen LogP contribution in [0.15, 0.2) is 58.9 Å². The van der Waals surface area contributed by atoms with Crippen molar-refractivity contribution in [1.29, 1.82) is 0 Å². The quantitative estimate of drug-likeness (QED) is 0.178. The highest BCUT2D eigenvalue weighted by molar-refractivity contribution is 8.00. The summed E-state index contributed by atoms with van der Waals surface area (Å²) in [5.74, 6) is 0.423. The zero-order valence-electron chi connectivity index (χ0n) is 15.5. The molecule has 4 aromatic rings. The Hall–Kier alpha value is -1.83. The fourth-order valence-corrected chi connectivity index (χ4v) is 4.92. The largest absolute Gasteiger partial charge is 0.324 e. The lowest BCUT2D eigenvalue weighted by Crippen LogP contribution is -2.22. The number of rotatable bonds is 5. The molecule has 4 nitrogen and oxygen atoms in total. The molecule has 2 aromatic heterocycles. The molecule has 9 heteroatoms. The van der Waals surface area contributed by atoms with Crippen molar-refractivity contribution in [1.82, 2.24) is 9.97 Å². The summed E-state index contributed by atoms with van der Waals surface area (Å²) in [6.07, 6.45) is 0. The van der Waals surface area contributed by atoms with Gasteiger partial charge in [-0.2, -0.15) is 0 Å². The first-order valence-corrected chi connectivity index (χ1v) is 11.7. The van der Waals surface area contributed by atoms with E-state index >= 15 is 0 Å². The molecule has 4 rings (SSSR count). The van der Waals surface area contributed by atoms with Crippen molar-refractivity contribution >= 4 is 80.4 Å². The first-order valence-electron chi connectivity index (χ1n) is 8.85. The van der Waals surface area contributed by atoms with Gasteiger partial charge in [-0.1, -0.05) is 70.8 Å². The van der Waals surface area contributed by atoms with Gasteiger partial charge in [0.2, 0.25) is 5.91 Å². The minimum absolute atomic E-state index is 0.222. The van der Waals surface area contributed by atoms with Crippen LogP contribution in [-0.4, -0.2) is 21.1 Å². The molecule has 0 aliphatic heterocycles. The smallest absolute Gasteiger partial charge is 0.237 e. The van der Waals surface area contributed by atoms with Gasteiger partial charge in [-0.05, 0) is 36.6 Å². The predicted octanol–water partition coefficient (Wildman–Crippen LogP) is 7.44. The molecule has 0 bridgehead atoms. The molecule has 30 heavy (non-hydrogen) atoms. The first-order chi connectivity index (χ1) is 14.4. The Morgan fingerprint density at radius 1 is 1.03 bits per heavy atom. The number of thioether (sulfide) groups is 1. The van der Waals surface area contributed by atoms with Gasteiger partial charge in [0.1, 0.15) is 5.03 Å². The van der Waals surface area contributed by atoms with E-state index in [0.717, 1.165) is 20.8 Å². The Morgan fingerprint density at radius 2 is 1.80 bits per heavy atom. The lowest BCUT2D eigenvalue weighted by atomic mass is 10.2. The van der Waals surface area contributed by atoms with Crippen LogP contribution in [-0.2, 0) is 4.79 Å². The number of fused-ring (bicyclic) bond motifs is 1. The predicted molar refractivity (Wildman–Crippen MR) is 128 cm³/mol. The van der Waals surface area contributed by atoms with Crippen LogP contribution in [0.5, 0.6) is 0 Å². The highest BCUT2D eigenvalue weighted by Crippen LogP contribution is 2.35. The van der Waals surface area contributed by atoms with Gasteiger partial charge in [0, 0.05) is 5.39 Å². The fraction of sp³-hybridized carbons (Fsp3) is 0.0952. The van der Waals surface area contributed by atoms with Crippen LogP contribution >= 0.6 is 57.9 Å². The Bertz CT molecular complexity index is 1230. The summed E-state index contributed by atoms with van der Waals surface area (Å²) in [5, 5.41) is 6.97. The molecule has 0 saturated heterocycles. The molecule has 0 aliphatic carbocycles. The summed E-state index contributed by atoms with van der Waals surface area (Å²) < 4.78 is 0. The molecular formula is C21H14Cl3N3OS2. The number of benzene rings is 2. The van der Waals surface area contributed by atoms with Crippen molar-refractivity contribution in [3.63, 3.8) is 0 Å². The number of para-hydroxylation sites is 1. The molecule has 0 aliphatic rings. The number of anilines is 1. The molecule has 2 heterocycles. The number of thiophene rings is 1. The van der Waals surface area contributed by atoms with E-state index in [4.69, 9.17) is 39.8 Å². The normalized spacial score (nSPS) is 12.1. The van der Waals surface area contributed by atoms with E-state index in [9.17, 15) is 4.79 Å². The maximum Gasteiger partial charge on any atom is 0.237 e. The number of amides is 1. The van der Waals surface area contributed by atoms with Gasteiger partial charge >= 0.3 is 0 Å². The molecule has 152 valence electrons. The molecule has 0 radical (unpaired) electrons. The minimum Gasteiger partial charge on any atom is -0.324 e. The Labute approximate surface area is 196 Å². The fourth-order valence-electron chi connectivity index (χ4n) is 2.73. The maximum atomic E-state index is 12.8. The van der Waals surface area contributed by atoms with Crippen molar-refractivity contribution in [3.8, 4) is 10.7 Å². The number of nitrogens with zero attached hydrogens (tertiary/aromatic N) is 2. The van der Waals surface area contributed by atoms with Crippen molar-refractivity contribution < 1.29 is 4.79 Å². The summed E-state index contributed by atoms with van der Waals surface area (Å²) in [6, 6.07) is 14.7. The third-order valence-electron chi connectivity index (χ3n) is 4.24. The van der Waals surface area contributed by atoms with Crippen LogP contribution in [0.3, 0.4) is 0 Å². The average molecular weight is 495 g/mol. The van der Waals surface area contributed by atoms with Crippen molar-refractivity contribution in [2.75, 3.05) is 5.32 Å². The summed E-state index contributed by atoms with van der Waals surface area (Å²) in [5.41, 5.74) is 1.24. The molecule has 1 atom stereocenters. The maximum absolute atomic E-state index is 12.8. The van der Waals surface area contributed by atoms with E-state index in [2.05, 4.69) is 10.3 Å². The van der Waals surface area contributed by atoms with Gasteiger partial charge in [0.05, 0.1) is 36.4 Å². The number of hydrogen-bond donors (Lipinski definition) is 1. The van der Waals surface area contributed by atoms with Crippen molar-refractivity contribution in [2.24, 2.45) is 0 Å². The van der Waals surface area contributed by atoms with Gasteiger partial charge in [-0.25, -0.2) is 9.97 Å².